The van der Waals surface area contributed by atoms with Crippen LogP contribution in [-0.4, -0.2) is 28.9 Å². The lowest BCUT2D eigenvalue weighted by molar-refractivity contribution is -0.997. The number of hydrogen-bond acceptors (Lipinski definition) is 1. The monoisotopic (exact) mass is 218 g/mol. The number of rotatable bonds is 2. The van der Waals surface area contributed by atoms with Gasteiger partial charge in [-0.25, -0.2) is 0 Å². The van der Waals surface area contributed by atoms with Gasteiger partial charge in [-0.3, -0.25) is 4.48 Å². The van der Waals surface area contributed by atoms with Gasteiger partial charge in [-0.15, -0.1) is 0 Å². The van der Waals surface area contributed by atoms with Gasteiger partial charge >= 0.3 is 0 Å². The van der Waals surface area contributed by atoms with Crippen molar-refractivity contribution in [3.05, 3.63) is 35.9 Å². The first-order chi connectivity index (χ1) is 7.78. The Morgan fingerprint density at radius 1 is 1.12 bits per heavy atom. The Labute approximate surface area is 97.1 Å². The molecule has 1 aromatic rings. The molecule has 3 aliphatic rings. The Bertz CT molecular complexity index is 354. The van der Waals surface area contributed by atoms with Gasteiger partial charge in [-0.2, -0.15) is 0 Å². The molecule has 4 rings (SSSR count). The molecule has 1 unspecified atom stereocenters. The molecule has 1 aromatic carbocycles. The number of aliphatic hydroxyl groups is 1. The molecule has 0 radical (unpaired) electrons. The van der Waals surface area contributed by atoms with E-state index in [1.807, 2.05) is 0 Å². The lowest BCUT2D eigenvalue weighted by Crippen LogP contribution is -2.63. The Kier molecular flexibility index (Phi) is 2.49. The first kappa shape index (κ1) is 10.3. The van der Waals surface area contributed by atoms with Crippen molar-refractivity contribution in [1.82, 2.24) is 0 Å². The summed E-state index contributed by atoms with van der Waals surface area (Å²) in [6.07, 6.45) is 3.52. The van der Waals surface area contributed by atoms with Crippen LogP contribution in [0.3, 0.4) is 0 Å². The molecule has 2 nitrogen and oxygen atoms in total. The van der Waals surface area contributed by atoms with Crippen LogP contribution in [0.2, 0.25) is 0 Å². The Hall–Kier alpha value is -0.860. The third-order valence-corrected chi connectivity index (χ3v) is 4.48. The molecule has 0 amide bonds. The summed E-state index contributed by atoms with van der Waals surface area (Å²) in [4.78, 5) is 0. The molecule has 0 saturated carbocycles. The predicted octanol–water partition coefficient (Wildman–Crippen LogP) is 2.14. The first-order valence-electron chi connectivity index (χ1n) is 6.36. The van der Waals surface area contributed by atoms with E-state index in [0.29, 0.717) is 0 Å². The maximum Gasteiger partial charge on any atom is 0.191 e. The zero-order chi connectivity index (χ0) is 11.0. The summed E-state index contributed by atoms with van der Waals surface area (Å²) in [5, 5.41) is 10.3. The van der Waals surface area contributed by atoms with Crippen molar-refractivity contribution in [2.45, 2.75) is 32.0 Å². The standard InChI is InChI=1S/C14H20NO/c16-14-10-12-6-8-15(14,9-7-12)11-13-4-2-1-3-5-13/h1-5,12,14,16H,6-11H2/q+1. The van der Waals surface area contributed by atoms with Gasteiger partial charge in [0, 0.05) is 24.8 Å². The highest BCUT2D eigenvalue weighted by molar-refractivity contribution is 5.13. The van der Waals surface area contributed by atoms with Gasteiger partial charge in [-0.05, 0) is 5.92 Å². The minimum Gasteiger partial charge on any atom is -0.345 e. The third kappa shape index (κ3) is 1.66. The highest BCUT2D eigenvalue weighted by Gasteiger charge is 2.46. The van der Waals surface area contributed by atoms with E-state index in [9.17, 15) is 5.11 Å². The number of quaternary nitrogens is 1. The fraction of sp³-hybridized carbons (Fsp3) is 0.571. The predicted molar refractivity (Wildman–Crippen MR) is 63.5 cm³/mol. The molecule has 86 valence electrons. The first-order valence-corrected chi connectivity index (χ1v) is 6.36. The molecule has 0 aromatic heterocycles. The molecular formula is C14H20NO+. The summed E-state index contributed by atoms with van der Waals surface area (Å²) in [5.74, 6) is 0.797. The Morgan fingerprint density at radius 3 is 2.44 bits per heavy atom. The second-order valence-corrected chi connectivity index (χ2v) is 5.47. The lowest BCUT2D eigenvalue weighted by atomic mass is 9.84. The van der Waals surface area contributed by atoms with Gasteiger partial charge in [0.2, 0.25) is 0 Å². The highest BCUT2D eigenvalue weighted by Crippen LogP contribution is 2.38. The molecule has 3 aliphatic heterocycles. The smallest absolute Gasteiger partial charge is 0.191 e. The molecule has 3 saturated heterocycles. The van der Waals surface area contributed by atoms with E-state index < -0.39 is 0 Å². The maximum atomic E-state index is 10.3. The number of fused-ring (bicyclic) bond motifs is 3. The SMILES string of the molecule is OC1CC2CC[N+]1(Cc1ccccc1)CC2. The van der Waals surface area contributed by atoms with Crippen LogP contribution in [0.4, 0.5) is 0 Å². The average Bonchev–Trinajstić information content (AvgIpc) is 2.32. The van der Waals surface area contributed by atoms with Crippen LogP contribution in [0.15, 0.2) is 30.3 Å². The fourth-order valence-electron chi connectivity index (χ4n) is 3.40. The van der Waals surface area contributed by atoms with E-state index in [1.54, 1.807) is 0 Å². The quantitative estimate of drug-likeness (QED) is 0.754. The molecule has 2 heteroatoms. The second kappa shape index (κ2) is 3.86. The van der Waals surface area contributed by atoms with Gasteiger partial charge in [0.15, 0.2) is 6.23 Å². The van der Waals surface area contributed by atoms with Crippen LogP contribution in [-0.2, 0) is 6.54 Å². The van der Waals surface area contributed by atoms with E-state index in [0.717, 1.165) is 23.4 Å². The van der Waals surface area contributed by atoms with Crippen LogP contribution >= 0.6 is 0 Å². The van der Waals surface area contributed by atoms with Crippen molar-refractivity contribution in [3.63, 3.8) is 0 Å². The van der Waals surface area contributed by atoms with Gasteiger partial charge in [0.25, 0.3) is 0 Å². The molecule has 1 atom stereocenters. The number of benzene rings is 1. The Balaban J connectivity index is 1.82. The molecular weight excluding hydrogens is 198 g/mol. The van der Waals surface area contributed by atoms with Crippen molar-refractivity contribution in [3.8, 4) is 0 Å². The fourth-order valence-corrected chi connectivity index (χ4v) is 3.40. The molecule has 3 heterocycles. The van der Waals surface area contributed by atoms with Crippen LogP contribution < -0.4 is 0 Å². The van der Waals surface area contributed by atoms with Crippen molar-refractivity contribution in [2.24, 2.45) is 5.92 Å². The molecule has 0 spiro atoms. The van der Waals surface area contributed by atoms with E-state index >= 15 is 0 Å². The van der Waals surface area contributed by atoms with Crippen molar-refractivity contribution in [2.75, 3.05) is 13.1 Å². The normalized spacial score (nSPS) is 37.6. The third-order valence-electron chi connectivity index (χ3n) is 4.48. The summed E-state index contributed by atoms with van der Waals surface area (Å²) in [6.45, 7) is 3.34. The van der Waals surface area contributed by atoms with Crippen molar-refractivity contribution >= 4 is 0 Å². The molecule has 1 N–H and O–H groups in total. The second-order valence-electron chi connectivity index (χ2n) is 5.47. The number of aliphatic hydroxyl groups excluding tert-OH is 1. The molecule has 2 bridgehead atoms. The van der Waals surface area contributed by atoms with Crippen molar-refractivity contribution in [1.29, 1.82) is 0 Å². The van der Waals surface area contributed by atoms with Crippen molar-refractivity contribution < 1.29 is 9.59 Å². The molecule has 0 aliphatic carbocycles. The summed E-state index contributed by atoms with van der Waals surface area (Å²) >= 11 is 0. The summed E-state index contributed by atoms with van der Waals surface area (Å²) in [7, 11) is 0. The zero-order valence-electron chi connectivity index (χ0n) is 9.68. The van der Waals surface area contributed by atoms with Gasteiger partial charge in [0.1, 0.15) is 6.54 Å². The van der Waals surface area contributed by atoms with Crippen LogP contribution in [0.1, 0.15) is 24.8 Å². The highest BCUT2D eigenvalue weighted by atomic mass is 16.3. The number of nitrogens with zero attached hydrogens (tertiary/aromatic N) is 1. The Morgan fingerprint density at radius 2 is 1.81 bits per heavy atom. The largest absolute Gasteiger partial charge is 0.345 e. The topological polar surface area (TPSA) is 20.2 Å². The maximum absolute atomic E-state index is 10.3. The number of piperidine rings is 3. The minimum absolute atomic E-state index is 0.118. The number of hydrogen-bond donors (Lipinski definition) is 1. The van der Waals surface area contributed by atoms with E-state index in [1.165, 1.54) is 31.5 Å². The van der Waals surface area contributed by atoms with Gasteiger partial charge in [0.05, 0.1) is 13.1 Å². The van der Waals surface area contributed by atoms with Crippen LogP contribution in [0.25, 0.3) is 0 Å². The summed E-state index contributed by atoms with van der Waals surface area (Å²) in [5.41, 5.74) is 1.36. The zero-order valence-corrected chi connectivity index (χ0v) is 9.68. The lowest BCUT2D eigenvalue weighted by Gasteiger charge is -2.52. The van der Waals surface area contributed by atoms with E-state index in [2.05, 4.69) is 30.3 Å². The minimum atomic E-state index is -0.118. The summed E-state index contributed by atoms with van der Waals surface area (Å²) < 4.78 is 0.917. The van der Waals surface area contributed by atoms with Gasteiger partial charge < -0.3 is 5.11 Å². The average molecular weight is 218 g/mol. The van der Waals surface area contributed by atoms with Crippen LogP contribution in [0.5, 0.6) is 0 Å². The molecule has 3 fully saturated rings. The van der Waals surface area contributed by atoms with Crippen LogP contribution in [0, 0.1) is 5.92 Å². The van der Waals surface area contributed by atoms with Gasteiger partial charge in [-0.1, -0.05) is 30.3 Å². The molecule has 16 heavy (non-hydrogen) atoms. The van der Waals surface area contributed by atoms with E-state index in [-0.39, 0.29) is 6.23 Å². The summed E-state index contributed by atoms with van der Waals surface area (Å²) in [6, 6.07) is 10.6. The van der Waals surface area contributed by atoms with E-state index in [4.69, 9.17) is 0 Å².